The van der Waals surface area contributed by atoms with E-state index < -0.39 is 10.9 Å². The Balaban J connectivity index is 3.23. The molecule has 0 atom stereocenters. The molecular weight excluding hydrogens is 151 g/mol. The Hall–Kier alpha value is 0.453. The van der Waals surface area contributed by atoms with Gasteiger partial charge in [-0.15, -0.1) is 0 Å². The van der Waals surface area contributed by atoms with Crippen LogP contribution in [0.1, 0.15) is 0 Å². The summed E-state index contributed by atoms with van der Waals surface area (Å²) in [7, 11) is -2.26. The molecule has 0 fully saturated rings. The first-order valence-electron chi connectivity index (χ1n) is 1.09. The van der Waals surface area contributed by atoms with E-state index in [2.05, 4.69) is 3.68 Å². The average Bonchev–Trinajstić information content (AvgIpc) is 1.38. The Morgan fingerprint density at radius 3 is 1.80 bits per heavy atom. The fourth-order valence-corrected chi connectivity index (χ4v) is 0. The van der Waals surface area contributed by atoms with Gasteiger partial charge in [0.05, 0.1) is 0 Å². The molecule has 0 saturated heterocycles. The fraction of sp³-hybridized carbons (Fsp3) is 0. The molecule has 0 aromatic carbocycles. The molecule has 0 spiro atoms. The van der Waals surface area contributed by atoms with Gasteiger partial charge in [0.15, 0.2) is 0 Å². The number of rotatable bonds is 1. The van der Waals surface area contributed by atoms with Crippen molar-refractivity contribution in [2.75, 3.05) is 0 Å². The Morgan fingerprint density at radius 2 is 1.80 bits per heavy atom. The SMILES string of the molecule is O=[SH](=O)[NH][GeH3]. The predicted molar refractivity (Wildman–Crippen MR) is 23.4 cm³/mol. The summed E-state index contributed by atoms with van der Waals surface area (Å²) >= 11 is 0.238. The molecule has 5 heavy (non-hydrogen) atoms. The zero-order valence-electron chi connectivity index (χ0n) is 2.76. The molecule has 3 nitrogen and oxygen atoms in total. The summed E-state index contributed by atoms with van der Waals surface area (Å²) in [6.07, 6.45) is 0. The Bertz CT molecular complexity index is 67.7. The van der Waals surface area contributed by atoms with Gasteiger partial charge in [-0.05, 0) is 0 Å². The molecular formula is H5GeNO2S. The minimum absolute atomic E-state index is 0.238. The molecule has 0 radical (unpaired) electrons. The Kier molecular flexibility index (Phi) is 2.92. The number of thiol groups is 1. The Morgan fingerprint density at radius 1 is 1.60 bits per heavy atom. The first kappa shape index (κ1) is 5.45. The topological polar surface area (TPSA) is 46.2 Å². The predicted octanol–water partition coefficient (Wildman–Crippen LogP) is -2.62. The van der Waals surface area contributed by atoms with E-state index in [1.807, 2.05) is 0 Å². The third kappa shape index (κ3) is 4.45. The molecule has 0 amide bonds. The van der Waals surface area contributed by atoms with Crippen LogP contribution in [-0.4, -0.2) is 25.2 Å². The van der Waals surface area contributed by atoms with E-state index in [4.69, 9.17) is 0 Å². The van der Waals surface area contributed by atoms with E-state index >= 15 is 0 Å². The van der Waals surface area contributed by atoms with Crippen molar-refractivity contribution in [1.29, 1.82) is 0 Å². The average molecular weight is 156 g/mol. The first-order chi connectivity index (χ1) is 2.27. The molecule has 32 valence electrons. The van der Waals surface area contributed by atoms with Gasteiger partial charge in [-0.2, -0.15) is 0 Å². The number of nitrogens with one attached hydrogen (secondary N) is 1. The van der Waals surface area contributed by atoms with E-state index in [-0.39, 0.29) is 16.7 Å². The second kappa shape index (κ2) is 2.68. The molecule has 0 heterocycles. The van der Waals surface area contributed by atoms with E-state index in [9.17, 15) is 8.42 Å². The van der Waals surface area contributed by atoms with Gasteiger partial charge < -0.3 is 0 Å². The van der Waals surface area contributed by atoms with Gasteiger partial charge in [0.1, 0.15) is 0 Å². The molecule has 0 saturated carbocycles. The summed E-state index contributed by atoms with van der Waals surface area (Å²) in [5, 5.41) is 0. The molecule has 0 aliphatic carbocycles. The van der Waals surface area contributed by atoms with Crippen LogP contribution in [0.2, 0.25) is 0 Å². The van der Waals surface area contributed by atoms with Crippen LogP contribution in [0.3, 0.4) is 0 Å². The molecule has 0 aliphatic heterocycles. The molecule has 0 unspecified atom stereocenters. The summed E-state index contributed by atoms with van der Waals surface area (Å²) in [5.41, 5.74) is 0. The van der Waals surface area contributed by atoms with Crippen molar-refractivity contribution < 1.29 is 8.42 Å². The summed E-state index contributed by atoms with van der Waals surface area (Å²) in [6, 6.07) is 0. The van der Waals surface area contributed by atoms with Crippen molar-refractivity contribution in [1.82, 2.24) is 3.68 Å². The van der Waals surface area contributed by atoms with E-state index in [0.29, 0.717) is 0 Å². The van der Waals surface area contributed by atoms with Crippen molar-refractivity contribution in [3.8, 4) is 0 Å². The van der Waals surface area contributed by atoms with Gasteiger partial charge in [-0.1, -0.05) is 0 Å². The van der Waals surface area contributed by atoms with Crippen LogP contribution in [0.15, 0.2) is 0 Å². The maximum atomic E-state index is 9.34. The monoisotopic (exact) mass is 157 g/mol. The van der Waals surface area contributed by atoms with E-state index in [1.54, 1.807) is 0 Å². The van der Waals surface area contributed by atoms with Crippen molar-refractivity contribution in [3.63, 3.8) is 0 Å². The van der Waals surface area contributed by atoms with Crippen molar-refractivity contribution >= 4 is 27.6 Å². The van der Waals surface area contributed by atoms with Gasteiger partial charge in [0.2, 0.25) is 0 Å². The summed E-state index contributed by atoms with van der Waals surface area (Å²) < 4.78 is 20.9. The van der Waals surface area contributed by atoms with Crippen LogP contribution >= 0.6 is 0 Å². The van der Waals surface area contributed by atoms with Gasteiger partial charge in [-0.25, -0.2) is 0 Å². The second-order valence-electron chi connectivity index (χ2n) is 0.481. The van der Waals surface area contributed by atoms with Crippen molar-refractivity contribution in [3.05, 3.63) is 0 Å². The molecule has 5 heteroatoms. The number of hydrogen-bond acceptors (Lipinski definition) is 2. The second-order valence-corrected chi connectivity index (χ2v) is 4.26. The maximum absolute atomic E-state index is 9.34. The van der Waals surface area contributed by atoms with Crippen LogP contribution in [-0.2, 0) is 10.9 Å². The molecule has 0 aliphatic rings. The van der Waals surface area contributed by atoms with Gasteiger partial charge in [-0.3, -0.25) is 0 Å². The minimum atomic E-state index is -2.26. The van der Waals surface area contributed by atoms with Gasteiger partial charge in [0.25, 0.3) is 0 Å². The molecule has 1 N–H and O–H groups in total. The summed E-state index contributed by atoms with van der Waals surface area (Å²) in [4.78, 5) is 0. The molecule has 0 bridgehead atoms. The Labute approximate surface area is 40.3 Å². The van der Waals surface area contributed by atoms with Crippen LogP contribution in [0.25, 0.3) is 0 Å². The van der Waals surface area contributed by atoms with E-state index in [1.165, 1.54) is 0 Å². The van der Waals surface area contributed by atoms with Crippen LogP contribution in [0.5, 0.6) is 0 Å². The fourth-order valence-electron chi connectivity index (χ4n) is 0. The van der Waals surface area contributed by atoms with Crippen LogP contribution in [0.4, 0.5) is 0 Å². The van der Waals surface area contributed by atoms with Crippen LogP contribution in [0, 0.1) is 0 Å². The normalized spacial score (nSPS) is 9.80. The van der Waals surface area contributed by atoms with Crippen molar-refractivity contribution in [2.45, 2.75) is 0 Å². The molecule has 0 aromatic heterocycles. The third-order valence-electron chi connectivity index (χ3n) is 0.183. The molecule has 0 aromatic rings. The van der Waals surface area contributed by atoms with E-state index in [0.717, 1.165) is 0 Å². The van der Waals surface area contributed by atoms with Gasteiger partial charge >= 0.3 is 39.7 Å². The van der Waals surface area contributed by atoms with Crippen LogP contribution < -0.4 is 3.68 Å². The molecule has 0 rings (SSSR count). The summed E-state index contributed by atoms with van der Waals surface area (Å²) in [6.45, 7) is 0. The zero-order valence-corrected chi connectivity index (χ0v) is 7.85. The zero-order chi connectivity index (χ0) is 4.28. The standard InChI is InChI=1S/GeH5NO2S/c1-2-5(3)4/h5H,1H3,(H,2,3,4). The van der Waals surface area contributed by atoms with Crippen molar-refractivity contribution in [2.24, 2.45) is 0 Å². The summed E-state index contributed by atoms with van der Waals surface area (Å²) in [5.74, 6) is 0. The quantitative estimate of drug-likeness (QED) is 0.322. The first-order valence-corrected chi connectivity index (χ1v) is 4.36. The third-order valence-corrected chi connectivity index (χ3v) is 2.85. The number of hydrogen-bond donors (Lipinski definition) is 2. The van der Waals surface area contributed by atoms with Gasteiger partial charge in [0, 0.05) is 0 Å².